The van der Waals surface area contributed by atoms with Crippen LogP contribution in [-0.2, 0) is 16.8 Å². The van der Waals surface area contributed by atoms with Gasteiger partial charge in [0, 0.05) is 26.7 Å². The summed E-state index contributed by atoms with van der Waals surface area (Å²) in [5, 5.41) is 11.1. The minimum atomic E-state index is -5.71. The van der Waals surface area contributed by atoms with E-state index in [1.165, 1.54) is 18.2 Å². The summed E-state index contributed by atoms with van der Waals surface area (Å²) in [6.45, 7) is 0.645. The van der Waals surface area contributed by atoms with Crippen molar-refractivity contribution >= 4 is 61.9 Å². The predicted octanol–water partition coefficient (Wildman–Crippen LogP) is 4.07. The first-order valence-corrected chi connectivity index (χ1v) is 12.0. The molecule has 2 aromatic heterocycles. The molecular formula is C18H14BrF2N4O4PS. The van der Waals surface area contributed by atoms with Gasteiger partial charge >= 0.3 is 13.3 Å². The Morgan fingerprint density at radius 3 is 2.74 bits per heavy atom. The molecule has 0 bridgehead atoms. The largest absolute Gasteiger partial charge is 0.400 e. The lowest BCUT2D eigenvalue weighted by molar-refractivity contribution is 0.0595. The van der Waals surface area contributed by atoms with Crippen molar-refractivity contribution in [1.82, 2.24) is 20.3 Å². The summed E-state index contributed by atoms with van der Waals surface area (Å²) in [5.41, 5.74) is -2.54. The van der Waals surface area contributed by atoms with Gasteiger partial charge < -0.3 is 15.1 Å². The molecule has 0 radical (unpaired) electrons. The molecule has 2 aromatic carbocycles. The lowest BCUT2D eigenvalue weighted by Crippen LogP contribution is -2.27. The quantitative estimate of drug-likeness (QED) is 0.323. The number of carbonyl (C=O) groups excluding carboxylic acids is 1. The van der Waals surface area contributed by atoms with E-state index in [9.17, 15) is 18.1 Å². The van der Waals surface area contributed by atoms with E-state index in [4.69, 9.17) is 9.79 Å². The van der Waals surface area contributed by atoms with E-state index in [1.54, 1.807) is 4.68 Å². The van der Waals surface area contributed by atoms with Crippen LogP contribution in [0.4, 0.5) is 8.78 Å². The maximum absolute atomic E-state index is 14.2. The van der Waals surface area contributed by atoms with Crippen LogP contribution < -0.4 is 5.32 Å². The monoisotopic (exact) mass is 530 g/mol. The summed E-state index contributed by atoms with van der Waals surface area (Å²) in [7, 11) is -5.71. The number of para-hydroxylation sites is 1. The lowest BCUT2D eigenvalue weighted by atomic mass is 10.1. The normalized spacial score (nSPS) is 12.5. The number of fused-ring (bicyclic) bond motifs is 2. The van der Waals surface area contributed by atoms with Crippen LogP contribution in [0.2, 0.25) is 0 Å². The van der Waals surface area contributed by atoms with E-state index in [0.29, 0.717) is 22.6 Å². The molecule has 13 heteroatoms. The minimum absolute atomic E-state index is 0.149. The third-order valence-corrected chi connectivity index (χ3v) is 7.99. The molecule has 31 heavy (non-hydrogen) atoms. The summed E-state index contributed by atoms with van der Waals surface area (Å²) in [6.07, 6.45) is 0. The fourth-order valence-electron chi connectivity index (χ4n) is 2.99. The van der Waals surface area contributed by atoms with Gasteiger partial charge in [-0.05, 0) is 46.3 Å². The number of halogens is 3. The second kappa shape index (κ2) is 8.03. The number of amides is 1. The number of thiophene rings is 1. The van der Waals surface area contributed by atoms with E-state index in [0.717, 1.165) is 11.0 Å². The second-order valence-electron chi connectivity index (χ2n) is 6.60. The fraction of sp³-hybridized carbons (Fsp3) is 0.167. The highest BCUT2D eigenvalue weighted by atomic mass is 79.9. The number of nitrogens with one attached hydrogen (secondary N) is 1. The van der Waals surface area contributed by atoms with Gasteiger partial charge in [0.1, 0.15) is 10.4 Å². The molecule has 0 saturated carbocycles. The summed E-state index contributed by atoms with van der Waals surface area (Å²) in [4.78, 5) is 29.7. The minimum Gasteiger partial charge on any atom is -0.350 e. The van der Waals surface area contributed by atoms with Crippen molar-refractivity contribution in [3.8, 4) is 0 Å². The molecule has 8 nitrogen and oxygen atoms in total. The Morgan fingerprint density at radius 2 is 2.00 bits per heavy atom. The average molecular weight is 531 g/mol. The summed E-state index contributed by atoms with van der Waals surface area (Å²) < 4.78 is 41.4. The van der Waals surface area contributed by atoms with Gasteiger partial charge in [-0.2, -0.15) is 8.78 Å². The van der Waals surface area contributed by atoms with Crippen molar-refractivity contribution < 1.29 is 27.9 Å². The topological polar surface area (TPSA) is 117 Å². The standard InChI is InChI=1S/C18H14BrF2N4O4PS/c19-15-11-9-10(5-6-14(11)31-16(15)18(20,21)30(27,28)29)17(26)22-7-8-25-13-4-2-1-3-12(13)23-24-25/h1-6,9H,7-8H2,(H,22,26)(H2,27,28,29). The van der Waals surface area contributed by atoms with E-state index < -0.39 is 24.0 Å². The molecule has 1 amide bonds. The summed E-state index contributed by atoms with van der Waals surface area (Å²) in [5.74, 6) is -0.423. The van der Waals surface area contributed by atoms with Crippen LogP contribution in [0.15, 0.2) is 46.9 Å². The molecule has 0 aliphatic heterocycles. The number of hydrogen-bond donors (Lipinski definition) is 3. The van der Waals surface area contributed by atoms with Gasteiger partial charge in [-0.25, -0.2) is 4.68 Å². The van der Waals surface area contributed by atoms with Gasteiger partial charge in [-0.3, -0.25) is 9.36 Å². The molecule has 0 saturated heterocycles. The molecule has 2 heterocycles. The highest BCUT2D eigenvalue weighted by Crippen LogP contribution is 2.62. The van der Waals surface area contributed by atoms with Crippen molar-refractivity contribution in [2.24, 2.45) is 0 Å². The Labute approximate surface area is 186 Å². The number of carbonyl (C=O) groups is 1. The van der Waals surface area contributed by atoms with E-state index >= 15 is 0 Å². The van der Waals surface area contributed by atoms with Gasteiger partial charge in [0.25, 0.3) is 5.91 Å². The molecule has 0 fully saturated rings. The highest BCUT2D eigenvalue weighted by molar-refractivity contribution is 9.10. The van der Waals surface area contributed by atoms with Crippen molar-refractivity contribution in [3.63, 3.8) is 0 Å². The number of rotatable bonds is 6. The summed E-state index contributed by atoms with van der Waals surface area (Å²) in [6, 6.07) is 11.7. The molecule has 3 N–H and O–H groups in total. The van der Waals surface area contributed by atoms with Gasteiger partial charge in [0.05, 0.1) is 12.1 Å². The average Bonchev–Trinajstić information content (AvgIpc) is 3.28. The van der Waals surface area contributed by atoms with Crippen LogP contribution >= 0.6 is 34.9 Å². The van der Waals surface area contributed by atoms with E-state index in [-0.39, 0.29) is 22.0 Å². The molecule has 0 atom stereocenters. The van der Waals surface area contributed by atoms with E-state index in [2.05, 4.69) is 31.6 Å². The molecular weight excluding hydrogens is 517 g/mol. The molecule has 4 aromatic rings. The van der Waals surface area contributed by atoms with Crippen molar-refractivity contribution in [2.45, 2.75) is 12.2 Å². The van der Waals surface area contributed by atoms with Crippen molar-refractivity contribution in [2.75, 3.05) is 6.54 Å². The van der Waals surface area contributed by atoms with Crippen molar-refractivity contribution in [1.29, 1.82) is 0 Å². The number of alkyl halides is 2. The van der Waals surface area contributed by atoms with Crippen LogP contribution in [0.3, 0.4) is 0 Å². The van der Waals surface area contributed by atoms with Crippen LogP contribution in [0, 0.1) is 0 Å². The SMILES string of the molecule is O=C(NCCn1nnc2ccccc21)c1ccc2sc(C(F)(F)P(=O)(O)O)c(Br)c2c1. The Bertz CT molecular complexity index is 1350. The zero-order chi connectivity index (χ0) is 22.4. The van der Waals surface area contributed by atoms with Crippen LogP contribution in [-0.4, -0.2) is 37.2 Å². The second-order valence-corrected chi connectivity index (χ2v) is 10.1. The zero-order valence-electron chi connectivity index (χ0n) is 15.5. The Morgan fingerprint density at radius 1 is 1.26 bits per heavy atom. The first kappa shape index (κ1) is 22.0. The van der Waals surface area contributed by atoms with Crippen LogP contribution in [0.5, 0.6) is 0 Å². The number of aromatic nitrogens is 3. The van der Waals surface area contributed by atoms with Gasteiger partial charge in [0.15, 0.2) is 0 Å². The maximum Gasteiger partial charge on any atom is 0.400 e. The van der Waals surface area contributed by atoms with Gasteiger partial charge in [0.2, 0.25) is 0 Å². The first-order valence-electron chi connectivity index (χ1n) is 8.82. The highest BCUT2D eigenvalue weighted by Gasteiger charge is 2.53. The molecule has 0 aliphatic carbocycles. The number of nitrogens with zero attached hydrogens (tertiary/aromatic N) is 3. The predicted molar refractivity (Wildman–Crippen MR) is 115 cm³/mol. The van der Waals surface area contributed by atoms with Crippen LogP contribution in [0.1, 0.15) is 15.2 Å². The third-order valence-electron chi connectivity index (χ3n) is 4.56. The molecule has 0 spiro atoms. The smallest absolute Gasteiger partial charge is 0.350 e. The van der Waals surface area contributed by atoms with Gasteiger partial charge in [-0.15, -0.1) is 16.4 Å². The fourth-order valence-corrected chi connectivity index (χ4v) is 5.92. The lowest BCUT2D eigenvalue weighted by Gasteiger charge is -2.16. The maximum atomic E-state index is 14.2. The number of benzene rings is 2. The first-order chi connectivity index (χ1) is 14.6. The number of hydrogen-bond acceptors (Lipinski definition) is 5. The molecule has 0 aliphatic rings. The Balaban J connectivity index is 1.52. The Kier molecular flexibility index (Phi) is 5.69. The van der Waals surface area contributed by atoms with Gasteiger partial charge in [-0.1, -0.05) is 17.3 Å². The molecule has 162 valence electrons. The third kappa shape index (κ3) is 4.01. The summed E-state index contributed by atoms with van der Waals surface area (Å²) >= 11 is 3.56. The molecule has 4 rings (SSSR count). The molecule has 0 unspecified atom stereocenters. The van der Waals surface area contributed by atoms with Crippen LogP contribution in [0.25, 0.3) is 21.1 Å². The zero-order valence-corrected chi connectivity index (χ0v) is 18.8. The van der Waals surface area contributed by atoms with E-state index in [1.807, 2.05) is 24.3 Å². The van der Waals surface area contributed by atoms with Crippen molar-refractivity contribution in [3.05, 3.63) is 57.4 Å². The Hall–Kier alpha value is -2.24.